The summed E-state index contributed by atoms with van der Waals surface area (Å²) >= 11 is 6.23. The summed E-state index contributed by atoms with van der Waals surface area (Å²) in [6, 6.07) is 11.4. The van der Waals surface area contributed by atoms with Gasteiger partial charge in [-0.3, -0.25) is 4.79 Å². The fraction of sp³-hybridized carbons (Fsp3) is 0.450. The molecule has 4 rings (SSSR count). The second kappa shape index (κ2) is 7.22. The Kier molecular flexibility index (Phi) is 4.82. The fourth-order valence-corrected chi connectivity index (χ4v) is 4.19. The molecule has 25 heavy (non-hydrogen) atoms. The van der Waals surface area contributed by atoms with Crippen LogP contribution in [0.1, 0.15) is 36.2 Å². The summed E-state index contributed by atoms with van der Waals surface area (Å²) in [6.45, 7) is 4.13. The van der Waals surface area contributed by atoms with Crippen molar-refractivity contribution in [1.82, 2.24) is 9.80 Å². The van der Waals surface area contributed by atoms with Crippen LogP contribution in [0.4, 0.5) is 0 Å². The zero-order chi connectivity index (χ0) is 17.2. The van der Waals surface area contributed by atoms with Gasteiger partial charge in [-0.15, -0.1) is 0 Å². The van der Waals surface area contributed by atoms with Gasteiger partial charge in [0.2, 0.25) is 0 Å². The number of furan rings is 1. The van der Waals surface area contributed by atoms with E-state index in [9.17, 15) is 4.79 Å². The van der Waals surface area contributed by atoms with Crippen molar-refractivity contribution in [3.63, 3.8) is 0 Å². The topological polar surface area (TPSA) is 36.7 Å². The first-order valence-electron chi connectivity index (χ1n) is 9.10. The lowest BCUT2D eigenvalue weighted by Crippen LogP contribution is -2.42. The van der Waals surface area contributed by atoms with Crippen LogP contribution in [0.3, 0.4) is 0 Å². The van der Waals surface area contributed by atoms with Gasteiger partial charge in [-0.1, -0.05) is 23.7 Å². The van der Waals surface area contributed by atoms with Crippen LogP contribution in [0.5, 0.6) is 0 Å². The number of amides is 1. The molecule has 2 aromatic rings. The van der Waals surface area contributed by atoms with Crippen molar-refractivity contribution in [3.8, 4) is 11.3 Å². The van der Waals surface area contributed by atoms with E-state index < -0.39 is 0 Å². The fourth-order valence-electron chi connectivity index (χ4n) is 3.96. The van der Waals surface area contributed by atoms with E-state index in [1.54, 1.807) is 6.07 Å². The van der Waals surface area contributed by atoms with Crippen LogP contribution >= 0.6 is 11.6 Å². The first-order valence-corrected chi connectivity index (χ1v) is 9.48. The third-order valence-corrected chi connectivity index (χ3v) is 5.59. The minimum Gasteiger partial charge on any atom is -0.451 e. The molecule has 4 nitrogen and oxygen atoms in total. The maximum Gasteiger partial charge on any atom is 0.289 e. The molecule has 2 saturated heterocycles. The van der Waals surface area contributed by atoms with Crippen LogP contribution in [-0.4, -0.2) is 47.9 Å². The van der Waals surface area contributed by atoms with E-state index in [4.69, 9.17) is 16.0 Å². The molecule has 0 bridgehead atoms. The maximum absolute atomic E-state index is 12.9. The maximum atomic E-state index is 12.9. The van der Waals surface area contributed by atoms with Gasteiger partial charge in [-0.2, -0.15) is 0 Å². The molecule has 132 valence electrons. The minimum absolute atomic E-state index is 0.000000472. The Bertz CT molecular complexity index is 752. The van der Waals surface area contributed by atoms with Crippen LogP contribution in [0.2, 0.25) is 5.02 Å². The third kappa shape index (κ3) is 3.46. The van der Waals surface area contributed by atoms with Crippen LogP contribution in [-0.2, 0) is 0 Å². The number of rotatable bonds is 4. The van der Waals surface area contributed by atoms with E-state index in [1.165, 1.54) is 12.8 Å². The van der Waals surface area contributed by atoms with Gasteiger partial charge in [0, 0.05) is 24.7 Å². The lowest BCUT2D eigenvalue weighted by Gasteiger charge is -2.27. The summed E-state index contributed by atoms with van der Waals surface area (Å²) < 4.78 is 5.85. The first-order chi connectivity index (χ1) is 12.2. The molecule has 1 aromatic carbocycles. The summed E-state index contributed by atoms with van der Waals surface area (Å²) in [4.78, 5) is 17.4. The number of benzene rings is 1. The molecule has 1 amide bonds. The van der Waals surface area contributed by atoms with Gasteiger partial charge in [-0.25, -0.2) is 0 Å². The Balaban J connectivity index is 1.49. The average Bonchev–Trinajstić information content (AvgIpc) is 3.37. The lowest BCUT2D eigenvalue weighted by molar-refractivity contribution is 0.0677. The summed E-state index contributed by atoms with van der Waals surface area (Å²) in [5, 5.41) is 0.629. The number of hydrogen-bond donors (Lipinski definition) is 0. The van der Waals surface area contributed by atoms with Gasteiger partial charge < -0.3 is 14.2 Å². The molecule has 0 spiro atoms. The van der Waals surface area contributed by atoms with Crippen molar-refractivity contribution < 1.29 is 9.21 Å². The smallest absolute Gasteiger partial charge is 0.289 e. The molecule has 0 saturated carbocycles. The molecule has 2 aliphatic heterocycles. The van der Waals surface area contributed by atoms with Crippen molar-refractivity contribution in [2.45, 2.75) is 31.7 Å². The molecule has 3 heterocycles. The van der Waals surface area contributed by atoms with Gasteiger partial charge in [0.25, 0.3) is 5.91 Å². The molecule has 0 unspecified atom stereocenters. The van der Waals surface area contributed by atoms with E-state index in [1.807, 2.05) is 35.2 Å². The molecule has 0 radical (unpaired) electrons. The Hall–Kier alpha value is -1.78. The van der Waals surface area contributed by atoms with Crippen molar-refractivity contribution in [3.05, 3.63) is 47.2 Å². The summed E-state index contributed by atoms with van der Waals surface area (Å²) in [7, 11) is 0. The SMILES string of the molecule is O=C(c1ccc(-c2ccccc2Cl)o1)N1CCC[C@@H]1CN1CCCC1. The second-order valence-corrected chi connectivity index (χ2v) is 7.35. The highest BCUT2D eigenvalue weighted by molar-refractivity contribution is 6.33. The van der Waals surface area contributed by atoms with Crippen LogP contribution in [0.25, 0.3) is 11.3 Å². The molecule has 2 aliphatic rings. The number of nitrogens with zero attached hydrogens (tertiary/aromatic N) is 2. The monoisotopic (exact) mass is 358 g/mol. The van der Waals surface area contributed by atoms with E-state index in [0.29, 0.717) is 22.6 Å². The molecule has 5 heteroatoms. The van der Waals surface area contributed by atoms with Crippen LogP contribution in [0.15, 0.2) is 40.8 Å². The number of carbonyl (C=O) groups excluding carboxylic acids is 1. The zero-order valence-corrected chi connectivity index (χ0v) is 15.0. The Labute approximate surface area is 153 Å². The highest BCUT2D eigenvalue weighted by Crippen LogP contribution is 2.30. The van der Waals surface area contributed by atoms with Crippen molar-refractivity contribution in [2.75, 3.05) is 26.2 Å². The van der Waals surface area contributed by atoms with Gasteiger partial charge in [0.05, 0.1) is 5.02 Å². The van der Waals surface area contributed by atoms with E-state index in [2.05, 4.69) is 4.90 Å². The predicted octanol–water partition coefficient (Wildman–Crippen LogP) is 4.30. The van der Waals surface area contributed by atoms with Crippen LogP contribution < -0.4 is 0 Å². The third-order valence-electron chi connectivity index (χ3n) is 5.26. The molecule has 1 atom stereocenters. The Morgan fingerprint density at radius 1 is 1.08 bits per heavy atom. The van der Waals surface area contributed by atoms with Crippen molar-refractivity contribution in [2.24, 2.45) is 0 Å². The summed E-state index contributed by atoms with van der Waals surface area (Å²) in [6.07, 6.45) is 4.71. The molecular weight excluding hydrogens is 336 g/mol. The molecule has 0 aliphatic carbocycles. The second-order valence-electron chi connectivity index (χ2n) is 6.95. The van der Waals surface area contributed by atoms with E-state index in [-0.39, 0.29) is 5.91 Å². The predicted molar refractivity (Wildman–Crippen MR) is 98.9 cm³/mol. The summed E-state index contributed by atoms with van der Waals surface area (Å²) in [5.74, 6) is 1.05. The van der Waals surface area contributed by atoms with Crippen molar-refractivity contribution >= 4 is 17.5 Å². The number of likely N-dealkylation sites (tertiary alicyclic amines) is 2. The van der Waals surface area contributed by atoms with Gasteiger partial charge in [-0.05, 0) is 63.0 Å². The largest absolute Gasteiger partial charge is 0.451 e. The van der Waals surface area contributed by atoms with E-state index in [0.717, 1.165) is 44.6 Å². The number of hydrogen-bond acceptors (Lipinski definition) is 3. The van der Waals surface area contributed by atoms with Gasteiger partial charge in [0.1, 0.15) is 5.76 Å². The molecular formula is C20H23ClN2O2. The average molecular weight is 359 g/mol. The van der Waals surface area contributed by atoms with Crippen LogP contribution in [0, 0.1) is 0 Å². The van der Waals surface area contributed by atoms with Gasteiger partial charge in [0.15, 0.2) is 5.76 Å². The number of halogens is 1. The quantitative estimate of drug-likeness (QED) is 0.817. The summed E-state index contributed by atoms with van der Waals surface area (Å²) in [5.41, 5.74) is 0.818. The highest BCUT2D eigenvalue weighted by Gasteiger charge is 2.32. The molecule has 1 aromatic heterocycles. The molecule has 2 fully saturated rings. The standard InChI is InChI=1S/C20H23ClN2O2/c21-17-8-2-1-7-16(17)18-9-10-19(25-18)20(24)23-13-5-6-15(23)14-22-11-3-4-12-22/h1-2,7-10,15H,3-6,11-14H2/t15-/m1/s1. The highest BCUT2D eigenvalue weighted by atomic mass is 35.5. The zero-order valence-electron chi connectivity index (χ0n) is 14.3. The van der Waals surface area contributed by atoms with Gasteiger partial charge >= 0.3 is 0 Å². The Morgan fingerprint density at radius 3 is 2.68 bits per heavy atom. The van der Waals surface area contributed by atoms with E-state index >= 15 is 0 Å². The van der Waals surface area contributed by atoms with Crippen molar-refractivity contribution in [1.29, 1.82) is 0 Å². The minimum atomic E-state index is 0.000000472. The Morgan fingerprint density at radius 2 is 1.88 bits per heavy atom. The first kappa shape index (κ1) is 16.7. The molecule has 0 N–H and O–H groups in total. The lowest BCUT2D eigenvalue weighted by atomic mass is 10.2. The number of carbonyl (C=O) groups is 1. The normalized spacial score (nSPS) is 21.2.